The van der Waals surface area contributed by atoms with Crippen molar-refractivity contribution in [1.29, 1.82) is 0 Å². The fraction of sp³-hybridized carbons (Fsp3) is 0.654. The molecule has 1 rings (SSSR count). The van der Waals surface area contributed by atoms with Gasteiger partial charge in [0, 0.05) is 18.7 Å². The van der Waals surface area contributed by atoms with Crippen LogP contribution in [0.2, 0.25) is 0 Å². The average Bonchev–Trinajstić information content (AvgIpc) is 2.73. The molecule has 0 radical (unpaired) electrons. The first kappa shape index (κ1) is 24.5. The Morgan fingerprint density at radius 3 is 1.82 bits per heavy atom. The van der Waals surface area contributed by atoms with Gasteiger partial charge < -0.3 is 4.90 Å². The minimum absolute atomic E-state index is 0.204. The third kappa shape index (κ3) is 8.63. The van der Waals surface area contributed by atoms with Gasteiger partial charge in [-0.1, -0.05) is 84.4 Å². The highest BCUT2D eigenvalue weighted by Crippen LogP contribution is 2.21. The molecule has 1 amide bonds. The molecule has 0 aliphatic carbocycles. The Kier molecular flexibility index (Phi) is 12.6. The number of allylic oxidation sites excluding steroid dienone is 1. The zero-order valence-electron chi connectivity index (χ0n) is 18.9. The van der Waals surface area contributed by atoms with Gasteiger partial charge in [0.15, 0.2) is 0 Å². The van der Waals surface area contributed by atoms with Gasteiger partial charge in [-0.2, -0.15) is 0 Å². The van der Waals surface area contributed by atoms with Crippen molar-refractivity contribution in [3.8, 4) is 0 Å². The smallest absolute Gasteiger partial charge is 0.253 e. The van der Waals surface area contributed by atoms with Crippen molar-refractivity contribution in [2.24, 2.45) is 11.8 Å². The largest absolute Gasteiger partial charge is 0.338 e. The number of hydrogen-bond donors (Lipinski definition) is 0. The van der Waals surface area contributed by atoms with Crippen LogP contribution in [-0.4, -0.2) is 23.9 Å². The quantitative estimate of drug-likeness (QED) is 0.290. The third-order valence-corrected chi connectivity index (χ3v) is 5.91. The zero-order chi connectivity index (χ0) is 20.8. The molecule has 2 atom stereocenters. The third-order valence-electron chi connectivity index (χ3n) is 5.91. The van der Waals surface area contributed by atoms with Crippen LogP contribution in [0.25, 0.3) is 0 Å². The second-order valence-electron chi connectivity index (χ2n) is 8.23. The molecule has 0 fully saturated rings. The van der Waals surface area contributed by atoms with Gasteiger partial charge in [-0.15, -0.1) is 6.58 Å². The molecule has 0 aromatic heterocycles. The molecule has 2 nitrogen and oxygen atoms in total. The first-order valence-electron chi connectivity index (χ1n) is 11.6. The van der Waals surface area contributed by atoms with Crippen molar-refractivity contribution in [2.75, 3.05) is 13.1 Å². The van der Waals surface area contributed by atoms with Crippen LogP contribution in [0.4, 0.5) is 0 Å². The van der Waals surface area contributed by atoms with Crippen molar-refractivity contribution in [2.45, 2.75) is 85.5 Å². The van der Waals surface area contributed by atoms with Crippen molar-refractivity contribution >= 4 is 5.91 Å². The van der Waals surface area contributed by atoms with E-state index in [1.54, 1.807) is 0 Å². The highest BCUT2D eigenvalue weighted by atomic mass is 16.2. The van der Waals surface area contributed by atoms with Crippen LogP contribution in [0.15, 0.2) is 36.9 Å². The molecular weight excluding hydrogens is 342 g/mol. The molecule has 2 heteroatoms. The number of nitrogens with zero attached hydrogens (tertiary/aromatic N) is 1. The second-order valence-corrected chi connectivity index (χ2v) is 8.23. The van der Waals surface area contributed by atoms with E-state index in [9.17, 15) is 4.79 Å². The lowest BCUT2D eigenvalue weighted by Crippen LogP contribution is -2.39. The summed E-state index contributed by atoms with van der Waals surface area (Å²) in [5.74, 6) is 1.41. The monoisotopic (exact) mass is 385 g/mol. The van der Waals surface area contributed by atoms with Gasteiger partial charge in [-0.3, -0.25) is 4.79 Å². The van der Waals surface area contributed by atoms with Crippen LogP contribution in [-0.2, 0) is 6.42 Å². The Bertz CT molecular complexity index is 530. The van der Waals surface area contributed by atoms with E-state index in [2.05, 4.69) is 51.3 Å². The molecule has 0 aliphatic rings. The molecule has 1 aromatic rings. The van der Waals surface area contributed by atoms with E-state index in [4.69, 9.17) is 0 Å². The fourth-order valence-electron chi connectivity index (χ4n) is 3.83. The second kappa shape index (κ2) is 14.4. The van der Waals surface area contributed by atoms with E-state index in [0.29, 0.717) is 11.8 Å². The van der Waals surface area contributed by atoms with E-state index in [0.717, 1.165) is 37.9 Å². The Labute approximate surface area is 174 Å². The van der Waals surface area contributed by atoms with Crippen molar-refractivity contribution in [3.63, 3.8) is 0 Å². The molecule has 0 heterocycles. The lowest BCUT2D eigenvalue weighted by molar-refractivity contribution is 0.0685. The molecule has 1 aromatic carbocycles. The van der Waals surface area contributed by atoms with E-state index in [-0.39, 0.29) is 5.91 Å². The van der Waals surface area contributed by atoms with Crippen molar-refractivity contribution < 1.29 is 4.79 Å². The number of benzene rings is 1. The zero-order valence-corrected chi connectivity index (χ0v) is 18.9. The Morgan fingerprint density at radius 2 is 1.43 bits per heavy atom. The summed E-state index contributed by atoms with van der Waals surface area (Å²) >= 11 is 0. The van der Waals surface area contributed by atoms with E-state index < -0.39 is 0 Å². The van der Waals surface area contributed by atoms with Gasteiger partial charge >= 0.3 is 0 Å². The Morgan fingerprint density at radius 1 is 0.929 bits per heavy atom. The molecular formula is C26H43NO. The maximum Gasteiger partial charge on any atom is 0.253 e. The minimum Gasteiger partial charge on any atom is -0.338 e. The van der Waals surface area contributed by atoms with Gasteiger partial charge in [0.05, 0.1) is 0 Å². The van der Waals surface area contributed by atoms with Gasteiger partial charge in [-0.05, 0) is 48.8 Å². The summed E-state index contributed by atoms with van der Waals surface area (Å²) in [6, 6.07) is 8.12. The number of carbonyl (C=O) groups excluding carboxylic acids is 1. The predicted molar refractivity (Wildman–Crippen MR) is 123 cm³/mol. The maximum absolute atomic E-state index is 13.4. The molecule has 0 saturated heterocycles. The SMILES string of the molecule is C=CCc1ccc(C(=O)N(CC(CC)CCCC)CC(CC)CCCC)cc1. The van der Waals surface area contributed by atoms with Crippen molar-refractivity contribution in [3.05, 3.63) is 48.0 Å². The average molecular weight is 386 g/mol. The van der Waals surface area contributed by atoms with Crippen LogP contribution in [0.3, 0.4) is 0 Å². The lowest BCUT2D eigenvalue weighted by Gasteiger charge is -2.31. The molecule has 0 bridgehead atoms. The van der Waals surface area contributed by atoms with Gasteiger partial charge in [0.25, 0.3) is 5.91 Å². The van der Waals surface area contributed by atoms with E-state index in [1.807, 2.05) is 18.2 Å². The highest BCUT2D eigenvalue weighted by Gasteiger charge is 2.22. The van der Waals surface area contributed by atoms with E-state index in [1.165, 1.54) is 44.1 Å². The summed E-state index contributed by atoms with van der Waals surface area (Å²) in [6.07, 6.45) is 12.5. The molecule has 2 unspecified atom stereocenters. The van der Waals surface area contributed by atoms with Crippen LogP contribution in [0.5, 0.6) is 0 Å². The standard InChI is InChI=1S/C26H43NO/c1-6-11-14-22(9-4)20-27(21-23(10-5)15-12-7-2)26(28)25-18-16-24(13-8-3)17-19-25/h8,16-19,22-23H,3,6-7,9-15,20-21H2,1-2,4-5H3. The molecule has 158 valence electrons. The van der Waals surface area contributed by atoms with Crippen LogP contribution in [0, 0.1) is 11.8 Å². The topological polar surface area (TPSA) is 20.3 Å². The van der Waals surface area contributed by atoms with Crippen LogP contribution < -0.4 is 0 Å². The Hall–Kier alpha value is -1.57. The highest BCUT2D eigenvalue weighted by molar-refractivity contribution is 5.94. The molecule has 0 spiro atoms. The number of carbonyl (C=O) groups is 1. The molecule has 0 aliphatic heterocycles. The Balaban J connectivity index is 2.95. The molecule has 28 heavy (non-hydrogen) atoms. The fourth-order valence-corrected chi connectivity index (χ4v) is 3.83. The number of unbranched alkanes of at least 4 members (excludes halogenated alkanes) is 2. The first-order chi connectivity index (χ1) is 13.6. The number of rotatable bonds is 15. The van der Waals surface area contributed by atoms with Gasteiger partial charge in [0.1, 0.15) is 0 Å². The van der Waals surface area contributed by atoms with Crippen LogP contribution >= 0.6 is 0 Å². The number of amides is 1. The summed E-state index contributed by atoms with van der Waals surface area (Å²) in [6.45, 7) is 14.6. The summed E-state index contributed by atoms with van der Waals surface area (Å²) in [4.78, 5) is 15.5. The van der Waals surface area contributed by atoms with Crippen molar-refractivity contribution in [1.82, 2.24) is 4.90 Å². The molecule has 0 saturated carbocycles. The van der Waals surface area contributed by atoms with Crippen LogP contribution in [0.1, 0.15) is 95.0 Å². The summed E-state index contributed by atoms with van der Waals surface area (Å²) in [5.41, 5.74) is 2.03. The maximum atomic E-state index is 13.4. The normalized spacial score (nSPS) is 13.1. The minimum atomic E-state index is 0.204. The summed E-state index contributed by atoms with van der Waals surface area (Å²) < 4.78 is 0. The van der Waals surface area contributed by atoms with E-state index >= 15 is 0 Å². The van der Waals surface area contributed by atoms with Gasteiger partial charge in [-0.25, -0.2) is 0 Å². The number of hydrogen-bond acceptors (Lipinski definition) is 1. The molecule has 0 N–H and O–H groups in total. The summed E-state index contributed by atoms with van der Waals surface area (Å²) in [5, 5.41) is 0. The first-order valence-corrected chi connectivity index (χ1v) is 11.6. The van der Waals surface area contributed by atoms with Gasteiger partial charge in [0.2, 0.25) is 0 Å². The summed E-state index contributed by atoms with van der Waals surface area (Å²) in [7, 11) is 0. The predicted octanol–water partition coefficient (Wildman–Crippen LogP) is 7.29. The lowest BCUT2D eigenvalue weighted by atomic mass is 9.95.